The molecule has 0 saturated carbocycles. The maximum Gasteiger partial charge on any atom is 0.223 e. The van der Waals surface area contributed by atoms with Crippen LogP contribution in [0.4, 0.5) is 0 Å². The molecule has 7 nitrogen and oxygen atoms in total. The standard InChI is InChI=1S/C17H26N2O5S/c1-23-15-7-6-14(11-16(15)24-2)25(21,22)10-8-17(20)19-9-4-3-5-13(19)12-18/h6-7,11,13H,3-5,8-10,12,18H2,1-2H3/t13-/m0/s1. The van der Waals surface area contributed by atoms with E-state index in [0.29, 0.717) is 24.6 Å². The molecule has 1 fully saturated rings. The molecule has 0 aliphatic carbocycles. The fourth-order valence-electron chi connectivity index (χ4n) is 3.07. The summed E-state index contributed by atoms with van der Waals surface area (Å²) in [6, 6.07) is 4.44. The van der Waals surface area contributed by atoms with Gasteiger partial charge in [0.05, 0.1) is 24.9 Å². The molecule has 1 atom stereocenters. The number of piperidine rings is 1. The lowest BCUT2D eigenvalue weighted by atomic mass is 10.0. The molecule has 25 heavy (non-hydrogen) atoms. The van der Waals surface area contributed by atoms with E-state index in [0.717, 1.165) is 19.3 Å². The van der Waals surface area contributed by atoms with Crippen molar-refractivity contribution >= 4 is 15.7 Å². The SMILES string of the molecule is COc1ccc(S(=O)(=O)CCC(=O)N2CCCC[C@H]2CN)cc1OC. The maximum absolute atomic E-state index is 12.5. The first-order valence-corrected chi connectivity index (χ1v) is 10.0. The van der Waals surface area contributed by atoms with Gasteiger partial charge in [-0.1, -0.05) is 0 Å². The van der Waals surface area contributed by atoms with Crippen molar-refractivity contribution in [3.63, 3.8) is 0 Å². The molecule has 0 unspecified atom stereocenters. The van der Waals surface area contributed by atoms with Gasteiger partial charge < -0.3 is 20.1 Å². The molecule has 140 valence electrons. The van der Waals surface area contributed by atoms with Crippen LogP contribution in [0.1, 0.15) is 25.7 Å². The van der Waals surface area contributed by atoms with Gasteiger partial charge in [-0.3, -0.25) is 4.79 Å². The predicted octanol–water partition coefficient (Wildman–Crippen LogP) is 1.21. The number of nitrogens with two attached hydrogens (primary N) is 1. The number of hydrogen-bond acceptors (Lipinski definition) is 6. The Morgan fingerprint density at radius 3 is 2.60 bits per heavy atom. The molecule has 0 bridgehead atoms. The Hall–Kier alpha value is -1.80. The van der Waals surface area contributed by atoms with Gasteiger partial charge in [-0.2, -0.15) is 0 Å². The highest BCUT2D eigenvalue weighted by molar-refractivity contribution is 7.91. The predicted molar refractivity (Wildman–Crippen MR) is 94.6 cm³/mol. The van der Waals surface area contributed by atoms with Crippen molar-refractivity contribution < 1.29 is 22.7 Å². The second-order valence-corrected chi connectivity index (χ2v) is 8.17. The first-order valence-electron chi connectivity index (χ1n) is 8.37. The summed E-state index contributed by atoms with van der Waals surface area (Å²) >= 11 is 0. The molecule has 1 aliphatic heterocycles. The van der Waals surface area contributed by atoms with Crippen molar-refractivity contribution in [1.29, 1.82) is 0 Å². The molecule has 2 N–H and O–H groups in total. The van der Waals surface area contributed by atoms with Gasteiger partial charge in [-0.25, -0.2) is 8.42 Å². The number of methoxy groups -OCH3 is 2. The molecule has 1 heterocycles. The van der Waals surface area contributed by atoms with E-state index in [4.69, 9.17) is 15.2 Å². The second kappa shape index (κ2) is 8.53. The number of nitrogens with zero attached hydrogens (tertiary/aromatic N) is 1. The van der Waals surface area contributed by atoms with E-state index < -0.39 is 9.84 Å². The van der Waals surface area contributed by atoms with Gasteiger partial charge in [0.1, 0.15) is 0 Å². The molecule has 1 saturated heterocycles. The average Bonchev–Trinajstić information content (AvgIpc) is 2.65. The van der Waals surface area contributed by atoms with Gasteiger partial charge in [0.25, 0.3) is 0 Å². The fraction of sp³-hybridized carbons (Fsp3) is 0.588. The van der Waals surface area contributed by atoms with E-state index in [-0.39, 0.29) is 29.0 Å². The zero-order valence-electron chi connectivity index (χ0n) is 14.7. The minimum absolute atomic E-state index is 0.0186. The van der Waals surface area contributed by atoms with Crippen molar-refractivity contribution in [2.45, 2.75) is 36.6 Å². The Labute approximate surface area is 149 Å². The highest BCUT2D eigenvalue weighted by Gasteiger charge is 2.27. The number of ether oxygens (including phenoxy) is 2. The van der Waals surface area contributed by atoms with Crippen LogP contribution in [0.15, 0.2) is 23.1 Å². The van der Waals surface area contributed by atoms with Gasteiger partial charge in [0.15, 0.2) is 21.3 Å². The Kier molecular flexibility index (Phi) is 6.66. The van der Waals surface area contributed by atoms with Crippen LogP contribution in [-0.2, 0) is 14.6 Å². The van der Waals surface area contributed by atoms with Crippen molar-refractivity contribution in [2.75, 3.05) is 33.1 Å². The summed E-state index contributed by atoms with van der Waals surface area (Å²) in [7, 11) is -0.661. The summed E-state index contributed by atoms with van der Waals surface area (Å²) in [6.45, 7) is 1.06. The summed E-state index contributed by atoms with van der Waals surface area (Å²) < 4.78 is 35.3. The van der Waals surface area contributed by atoms with Crippen LogP contribution in [0.25, 0.3) is 0 Å². The van der Waals surface area contributed by atoms with Crippen LogP contribution in [0.3, 0.4) is 0 Å². The molecule has 0 radical (unpaired) electrons. The molecule has 2 rings (SSSR count). The minimum Gasteiger partial charge on any atom is -0.493 e. The second-order valence-electron chi connectivity index (χ2n) is 6.06. The number of rotatable bonds is 7. The molecular formula is C17H26N2O5S. The number of amides is 1. The lowest BCUT2D eigenvalue weighted by Crippen LogP contribution is -2.47. The van der Waals surface area contributed by atoms with Gasteiger partial charge in [-0.15, -0.1) is 0 Å². The molecule has 8 heteroatoms. The first kappa shape index (κ1) is 19.5. The first-order chi connectivity index (χ1) is 11.9. The van der Waals surface area contributed by atoms with Crippen LogP contribution in [0.5, 0.6) is 11.5 Å². The molecule has 1 aromatic carbocycles. The molecular weight excluding hydrogens is 344 g/mol. The molecule has 1 amide bonds. The van der Waals surface area contributed by atoms with E-state index in [1.807, 2.05) is 0 Å². The number of sulfone groups is 1. The number of hydrogen-bond donors (Lipinski definition) is 1. The third kappa shape index (κ3) is 4.64. The topological polar surface area (TPSA) is 98.9 Å². The Balaban J connectivity index is 2.07. The van der Waals surface area contributed by atoms with Gasteiger partial charge in [0.2, 0.25) is 5.91 Å². The summed E-state index contributed by atoms with van der Waals surface area (Å²) in [5.41, 5.74) is 5.73. The summed E-state index contributed by atoms with van der Waals surface area (Å²) in [6.07, 6.45) is 2.82. The average molecular weight is 370 g/mol. The highest BCUT2D eigenvalue weighted by atomic mass is 32.2. The summed E-state index contributed by atoms with van der Waals surface area (Å²) in [5, 5.41) is 0. The van der Waals surface area contributed by atoms with E-state index in [1.54, 1.807) is 11.0 Å². The zero-order chi connectivity index (χ0) is 18.4. The molecule has 1 aliphatic rings. The highest BCUT2D eigenvalue weighted by Crippen LogP contribution is 2.30. The Bertz CT molecular complexity index is 705. The number of carbonyl (C=O) groups excluding carboxylic acids is 1. The van der Waals surface area contributed by atoms with E-state index in [1.165, 1.54) is 26.4 Å². The third-order valence-electron chi connectivity index (χ3n) is 4.52. The quantitative estimate of drug-likeness (QED) is 0.774. The lowest BCUT2D eigenvalue weighted by Gasteiger charge is -2.35. The van der Waals surface area contributed by atoms with Gasteiger partial charge in [0, 0.05) is 31.6 Å². The number of carbonyl (C=O) groups is 1. The summed E-state index contributed by atoms with van der Waals surface area (Å²) in [4.78, 5) is 14.3. The van der Waals surface area contributed by atoms with Crippen LogP contribution < -0.4 is 15.2 Å². The molecule has 0 spiro atoms. The fourth-order valence-corrected chi connectivity index (χ4v) is 4.31. The van der Waals surface area contributed by atoms with Gasteiger partial charge >= 0.3 is 0 Å². The van der Waals surface area contributed by atoms with Crippen LogP contribution >= 0.6 is 0 Å². The minimum atomic E-state index is -3.59. The summed E-state index contributed by atoms with van der Waals surface area (Å²) in [5.74, 6) is 0.403. The van der Waals surface area contributed by atoms with Crippen LogP contribution in [-0.4, -0.2) is 58.3 Å². The normalized spacial score (nSPS) is 18.0. The third-order valence-corrected chi connectivity index (χ3v) is 6.23. The van der Waals surface area contributed by atoms with Crippen LogP contribution in [0, 0.1) is 0 Å². The Morgan fingerprint density at radius 2 is 1.96 bits per heavy atom. The van der Waals surface area contributed by atoms with E-state index in [2.05, 4.69) is 0 Å². The van der Waals surface area contributed by atoms with Crippen molar-refractivity contribution in [2.24, 2.45) is 5.73 Å². The van der Waals surface area contributed by atoms with E-state index in [9.17, 15) is 13.2 Å². The van der Waals surface area contributed by atoms with Crippen LogP contribution in [0.2, 0.25) is 0 Å². The largest absolute Gasteiger partial charge is 0.493 e. The lowest BCUT2D eigenvalue weighted by molar-refractivity contribution is -0.134. The van der Waals surface area contributed by atoms with Crippen molar-refractivity contribution in [1.82, 2.24) is 4.90 Å². The molecule has 0 aromatic heterocycles. The monoisotopic (exact) mass is 370 g/mol. The number of benzene rings is 1. The Morgan fingerprint density at radius 1 is 1.24 bits per heavy atom. The zero-order valence-corrected chi connectivity index (χ0v) is 15.5. The molecule has 1 aromatic rings. The smallest absolute Gasteiger partial charge is 0.223 e. The van der Waals surface area contributed by atoms with Gasteiger partial charge in [-0.05, 0) is 31.4 Å². The van der Waals surface area contributed by atoms with Crippen molar-refractivity contribution in [3.05, 3.63) is 18.2 Å². The van der Waals surface area contributed by atoms with E-state index >= 15 is 0 Å². The number of likely N-dealkylation sites (tertiary alicyclic amines) is 1. The van der Waals surface area contributed by atoms with Crippen molar-refractivity contribution in [3.8, 4) is 11.5 Å². The maximum atomic E-state index is 12.5.